The zero-order valence-corrected chi connectivity index (χ0v) is 12.0. The van der Waals surface area contributed by atoms with Crippen LogP contribution in [0.2, 0.25) is 0 Å². The fraction of sp³-hybridized carbons (Fsp3) is 0. The predicted molar refractivity (Wildman–Crippen MR) is 84.4 cm³/mol. The van der Waals surface area contributed by atoms with Crippen molar-refractivity contribution in [3.8, 4) is 11.5 Å². The van der Waals surface area contributed by atoms with Crippen molar-refractivity contribution in [3.05, 3.63) is 69.1 Å². The number of benzene rings is 2. The Hall–Kier alpha value is -3.33. The molecular weight excluding hydrogens is 317 g/mol. The first-order chi connectivity index (χ1) is 11.4. The Morgan fingerprint density at radius 3 is 2.54 bits per heavy atom. The maximum atomic E-state index is 11.3. The summed E-state index contributed by atoms with van der Waals surface area (Å²) in [5.74, 6) is 0.441. The molecule has 1 aliphatic rings. The summed E-state index contributed by atoms with van der Waals surface area (Å²) >= 11 is 0. The molecule has 0 aliphatic carbocycles. The molecule has 2 aromatic carbocycles. The minimum Gasteiger partial charge on any atom is -0.654 e. The molecule has 2 heterocycles. The third-order valence-electron chi connectivity index (χ3n) is 3.76. The van der Waals surface area contributed by atoms with E-state index in [1.165, 1.54) is 36.4 Å². The predicted octanol–water partition coefficient (Wildman–Crippen LogP) is 1.31. The van der Waals surface area contributed by atoms with Gasteiger partial charge < -0.3 is 18.7 Å². The molecule has 9 heteroatoms. The third-order valence-corrected chi connectivity index (χ3v) is 3.76. The van der Waals surface area contributed by atoms with Gasteiger partial charge in [-0.25, -0.2) is 4.79 Å². The number of nitro benzene ring substituents is 1. The van der Waals surface area contributed by atoms with Gasteiger partial charge in [0.05, 0.1) is 4.92 Å². The molecule has 4 rings (SSSR count). The Bertz CT molecular complexity index is 1050. The smallest absolute Gasteiger partial charge is 0.521 e. The van der Waals surface area contributed by atoms with Gasteiger partial charge in [0.2, 0.25) is 0 Å². The highest BCUT2D eigenvalue weighted by atomic mass is 16.7. The molecule has 0 saturated heterocycles. The van der Waals surface area contributed by atoms with Crippen LogP contribution in [0.15, 0.2) is 57.7 Å². The summed E-state index contributed by atoms with van der Waals surface area (Å²) in [7, 11) is 0. The molecule has 1 unspecified atom stereocenters. The molecule has 1 N–H and O–H groups in total. The molecule has 0 bridgehead atoms. The average Bonchev–Trinajstić information content (AvgIpc) is 2.89. The minimum absolute atomic E-state index is 0.130. The highest BCUT2D eigenvalue weighted by Crippen LogP contribution is 2.39. The number of non-ortho nitro benzene ring substituents is 1. The molecule has 8 nitrogen and oxygen atoms in total. The van der Waals surface area contributed by atoms with E-state index in [-0.39, 0.29) is 28.2 Å². The van der Waals surface area contributed by atoms with Crippen LogP contribution in [0.3, 0.4) is 0 Å². The van der Waals surface area contributed by atoms with Crippen molar-refractivity contribution in [1.29, 1.82) is 0 Å². The second-order valence-corrected chi connectivity index (χ2v) is 5.35. The first-order valence-corrected chi connectivity index (χ1v) is 7.01. The molecule has 0 radical (unpaired) electrons. The Morgan fingerprint density at radius 1 is 1.04 bits per heavy atom. The van der Waals surface area contributed by atoms with E-state index in [0.717, 1.165) is 0 Å². The number of hydrogen-bond acceptors (Lipinski definition) is 7. The van der Waals surface area contributed by atoms with E-state index < -0.39 is 17.3 Å². The van der Waals surface area contributed by atoms with Gasteiger partial charge in [-0.3, -0.25) is 10.1 Å². The van der Waals surface area contributed by atoms with Crippen molar-refractivity contribution in [3.63, 3.8) is 0 Å². The first-order valence-electron chi connectivity index (χ1n) is 7.01. The molecule has 120 valence electrons. The van der Waals surface area contributed by atoms with Crippen molar-refractivity contribution in [2.24, 2.45) is 0 Å². The van der Waals surface area contributed by atoms with Crippen LogP contribution in [0.4, 0.5) is 5.69 Å². The van der Waals surface area contributed by atoms with E-state index in [1.807, 2.05) is 0 Å². The normalized spacial score (nSPS) is 18.7. The SMILES string of the molecule is O=c1ccc2cc3c(cc2o1)O[B-](O)(c1cccc([N+](=O)[O-])c1)O3. The minimum atomic E-state index is -2.96. The van der Waals surface area contributed by atoms with Crippen molar-refractivity contribution in [2.45, 2.75) is 0 Å². The molecule has 1 atom stereocenters. The lowest BCUT2D eigenvalue weighted by molar-refractivity contribution is -0.384. The van der Waals surface area contributed by atoms with Gasteiger partial charge in [0.15, 0.2) is 0 Å². The van der Waals surface area contributed by atoms with Crippen molar-refractivity contribution < 1.29 is 23.7 Å². The highest BCUT2D eigenvalue weighted by molar-refractivity contribution is 6.76. The molecule has 1 aromatic heterocycles. The van der Waals surface area contributed by atoms with Gasteiger partial charge in [-0.05, 0) is 18.2 Å². The fourth-order valence-corrected chi connectivity index (χ4v) is 2.63. The van der Waals surface area contributed by atoms with Crippen molar-refractivity contribution >= 4 is 28.9 Å². The lowest BCUT2D eigenvalue weighted by Gasteiger charge is -2.29. The highest BCUT2D eigenvalue weighted by Gasteiger charge is 2.39. The van der Waals surface area contributed by atoms with Crippen LogP contribution in [0.1, 0.15) is 0 Å². The Morgan fingerprint density at radius 2 is 1.79 bits per heavy atom. The maximum absolute atomic E-state index is 11.3. The van der Waals surface area contributed by atoms with E-state index in [0.29, 0.717) is 5.39 Å². The van der Waals surface area contributed by atoms with Crippen LogP contribution in [0.25, 0.3) is 11.0 Å². The zero-order valence-electron chi connectivity index (χ0n) is 12.0. The van der Waals surface area contributed by atoms with E-state index in [2.05, 4.69) is 0 Å². The largest absolute Gasteiger partial charge is 0.654 e. The van der Waals surface area contributed by atoms with E-state index in [4.69, 9.17) is 13.7 Å². The van der Waals surface area contributed by atoms with Gasteiger partial charge in [0, 0.05) is 23.6 Å². The number of nitrogens with zero attached hydrogens (tertiary/aromatic N) is 1. The summed E-state index contributed by atoms with van der Waals surface area (Å²) in [5.41, 5.74) is -0.294. The van der Waals surface area contributed by atoms with Gasteiger partial charge in [-0.1, -0.05) is 17.6 Å². The standard InChI is InChI=1S/C15H9BNO7/c18-15-5-4-9-6-13-14(8-12(9)22-15)24-16(19,23-13)10-2-1-3-11(7-10)17(20)21/h1-8,19H/q-1. The second kappa shape index (κ2) is 4.83. The Kier molecular flexibility index (Phi) is 2.88. The van der Waals surface area contributed by atoms with Gasteiger partial charge in [-0.2, -0.15) is 0 Å². The van der Waals surface area contributed by atoms with E-state index in [9.17, 15) is 19.9 Å². The van der Waals surface area contributed by atoms with Crippen LogP contribution in [0, 0.1) is 10.1 Å². The quantitative estimate of drug-likeness (QED) is 0.327. The summed E-state index contributed by atoms with van der Waals surface area (Å²) in [6.07, 6.45) is 0. The maximum Gasteiger partial charge on any atom is 0.521 e. The van der Waals surface area contributed by atoms with Crippen LogP contribution >= 0.6 is 0 Å². The van der Waals surface area contributed by atoms with Gasteiger partial charge in [0.25, 0.3) is 5.69 Å². The number of hydrogen-bond donors (Lipinski definition) is 1. The Balaban J connectivity index is 1.79. The monoisotopic (exact) mass is 326 g/mol. The molecule has 3 aromatic rings. The second-order valence-electron chi connectivity index (χ2n) is 5.35. The van der Waals surface area contributed by atoms with Crippen LogP contribution in [-0.2, 0) is 0 Å². The van der Waals surface area contributed by atoms with Crippen molar-refractivity contribution in [2.75, 3.05) is 0 Å². The number of nitro groups is 1. The average molecular weight is 326 g/mol. The zero-order chi connectivity index (χ0) is 16.9. The molecule has 0 spiro atoms. The van der Waals surface area contributed by atoms with E-state index >= 15 is 0 Å². The van der Waals surface area contributed by atoms with Gasteiger partial charge in [0.1, 0.15) is 17.1 Å². The molecule has 24 heavy (non-hydrogen) atoms. The molecule has 1 aliphatic heterocycles. The molecular formula is C15H9BNO7-. The topological polar surface area (TPSA) is 112 Å². The Labute approximate surface area is 134 Å². The molecule has 0 fully saturated rings. The molecule has 0 saturated carbocycles. The summed E-state index contributed by atoms with van der Waals surface area (Å²) in [6.45, 7) is -2.96. The van der Waals surface area contributed by atoms with Crippen molar-refractivity contribution in [1.82, 2.24) is 0 Å². The van der Waals surface area contributed by atoms with Crippen LogP contribution < -0.4 is 20.4 Å². The number of rotatable bonds is 2. The summed E-state index contributed by atoms with van der Waals surface area (Å²) in [5, 5.41) is 22.1. The van der Waals surface area contributed by atoms with Crippen LogP contribution in [-0.4, -0.2) is 16.7 Å². The van der Waals surface area contributed by atoms with E-state index in [1.54, 1.807) is 12.1 Å². The first kappa shape index (κ1) is 14.3. The molecule has 0 amide bonds. The van der Waals surface area contributed by atoms with Gasteiger partial charge >= 0.3 is 12.4 Å². The summed E-state index contributed by atoms with van der Waals surface area (Å²) in [6, 6.07) is 11.2. The summed E-state index contributed by atoms with van der Waals surface area (Å²) < 4.78 is 16.0. The number of fused-ring (bicyclic) bond motifs is 2. The van der Waals surface area contributed by atoms with Crippen LogP contribution in [0.5, 0.6) is 11.5 Å². The third kappa shape index (κ3) is 2.18. The van der Waals surface area contributed by atoms with Gasteiger partial charge in [-0.15, -0.1) is 0 Å². The lowest BCUT2D eigenvalue weighted by atomic mass is 9.70. The fourth-order valence-electron chi connectivity index (χ4n) is 2.63. The lowest BCUT2D eigenvalue weighted by Crippen LogP contribution is -2.57. The summed E-state index contributed by atoms with van der Waals surface area (Å²) in [4.78, 5) is 21.6.